The number of hydrogen-bond acceptors (Lipinski definition) is 4. The number of alkyl halides is 3. The Labute approximate surface area is 139 Å². The number of aromatic nitrogens is 4. The first kappa shape index (κ1) is 15.6. The second-order valence-corrected chi connectivity index (χ2v) is 5.86. The van der Waals surface area contributed by atoms with Gasteiger partial charge in [-0.2, -0.15) is 18.3 Å². The summed E-state index contributed by atoms with van der Waals surface area (Å²) in [7, 11) is 0. The number of anilines is 1. The molecule has 0 atom stereocenters. The number of benzene rings is 1. The molecule has 0 saturated heterocycles. The molecule has 6 nitrogen and oxygen atoms in total. The summed E-state index contributed by atoms with van der Waals surface area (Å²) in [5, 5.41) is 8.17. The summed E-state index contributed by atoms with van der Waals surface area (Å²) in [5.41, 5.74) is -0.00466. The van der Waals surface area contributed by atoms with Crippen LogP contribution in [0.1, 0.15) is 18.5 Å². The third kappa shape index (κ3) is 2.92. The van der Waals surface area contributed by atoms with Crippen molar-refractivity contribution in [1.82, 2.24) is 20.2 Å². The van der Waals surface area contributed by atoms with Crippen molar-refractivity contribution >= 4 is 22.6 Å². The van der Waals surface area contributed by atoms with E-state index in [9.17, 15) is 18.0 Å². The van der Waals surface area contributed by atoms with Crippen molar-refractivity contribution in [2.24, 2.45) is 5.92 Å². The van der Waals surface area contributed by atoms with Crippen molar-refractivity contribution in [3.8, 4) is 11.3 Å². The molecule has 1 saturated carbocycles. The van der Waals surface area contributed by atoms with E-state index in [0.717, 1.165) is 19.2 Å². The van der Waals surface area contributed by atoms with Crippen LogP contribution in [0.2, 0.25) is 0 Å². The van der Waals surface area contributed by atoms with Gasteiger partial charge in [0, 0.05) is 17.2 Å². The lowest BCUT2D eigenvalue weighted by Gasteiger charge is -2.09. The van der Waals surface area contributed by atoms with E-state index < -0.39 is 11.9 Å². The average molecular weight is 347 g/mol. The predicted molar refractivity (Wildman–Crippen MR) is 83.5 cm³/mol. The molecule has 0 bridgehead atoms. The van der Waals surface area contributed by atoms with Gasteiger partial charge < -0.3 is 5.32 Å². The lowest BCUT2D eigenvalue weighted by molar-refractivity contribution is -0.139. The maximum atomic E-state index is 13.2. The molecule has 2 aromatic heterocycles. The van der Waals surface area contributed by atoms with Crippen molar-refractivity contribution in [3.63, 3.8) is 0 Å². The highest BCUT2D eigenvalue weighted by Crippen LogP contribution is 2.37. The van der Waals surface area contributed by atoms with Crippen molar-refractivity contribution < 1.29 is 18.0 Å². The first-order chi connectivity index (χ1) is 11.9. The molecule has 1 amide bonds. The average Bonchev–Trinajstić information content (AvgIpc) is 3.32. The van der Waals surface area contributed by atoms with E-state index in [1.165, 1.54) is 0 Å². The van der Waals surface area contributed by atoms with E-state index >= 15 is 0 Å². The lowest BCUT2D eigenvalue weighted by Crippen LogP contribution is -2.13. The Morgan fingerprint density at radius 3 is 2.76 bits per heavy atom. The molecule has 1 aromatic carbocycles. The molecule has 1 aliphatic rings. The van der Waals surface area contributed by atoms with Crippen molar-refractivity contribution in [2.45, 2.75) is 19.0 Å². The van der Waals surface area contributed by atoms with Crippen LogP contribution in [0.3, 0.4) is 0 Å². The van der Waals surface area contributed by atoms with Gasteiger partial charge in [-0.05, 0) is 25.0 Å². The van der Waals surface area contributed by atoms with Gasteiger partial charge in [-0.15, -0.1) is 0 Å². The fourth-order valence-electron chi connectivity index (χ4n) is 2.61. The molecule has 1 aliphatic carbocycles. The van der Waals surface area contributed by atoms with Crippen LogP contribution in [0.15, 0.2) is 30.6 Å². The standard InChI is InChI=1S/C16H12F3N5O/c17-16(18,19)13-11-12(20-7-21-14(11)24-23-13)9-2-1-3-10(6-9)22-15(25)8-4-5-8/h1-3,6-8H,4-5H2,(H,22,25)(H,20,21,23,24). The Morgan fingerprint density at radius 1 is 1.24 bits per heavy atom. The minimum Gasteiger partial charge on any atom is -0.326 e. The number of halogens is 3. The summed E-state index contributed by atoms with van der Waals surface area (Å²) in [6, 6.07) is 6.55. The van der Waals surface area contributed by atoms with E-state index in [2.05, 4.69) is 20.4 Å². The fraction of sp³-hybridized carbons (Fsp3) is 0.250. The molecule has 2 heterocycles. The van der Waals surface area contributed by atoms with Gasteiger partial charge in [0.2, 0.25) is 5.91 Å². The number of nitrogens with one attached hydrogen (secondary N) is 2. The summed E-state index contributed by atoms with van der Waals surface area (Å²) in [5.74, 6) is -0.0515. The Balaban J connectivity index is 1.79. The number of fused-ring (bicyclic) bond motifs is 1. The zero-order chi connectivity index (χ0) is 17.6. The van der Waals surface area contributed by atoms with Gasteiger partial charge in [-0.1, -0.05) is 12.1 Å². The number of rotatable bonds is 3. The monoisotopic (exact) mass is 347 g/mol. The zero-order valence-corrected chi connectivity index (χ0v) is 12.8. The topological polar surface area (TPSA) is 83.6 Å². The molecular formula is C16H12F3N5O. The van der Waals surface area contributed by atoms with Gasteiger partial charge in [0.05, 0.1) is 11.1 Å². The number of aromatic amines is 1. The van der Waals surface area contributed by atoms with E-state index in [1.54, 1.807) is 24.3 Å². The normalized spacial score (nSPS) is 14.7. The molecule has 9 heteroatoms. The van der Waals surface area contributed by atoms with Crippen molar-refractivity contribution in [3.05, 3.63) is 36.3 Å². The zero-order valence-electron chi connectivity index (χ0n) is 12.8. The summed E-state index contributed by atoms with van der Waals surface area (Å²) in [6.07, 6.45) is -1.72. The van der Waals surface area contributed by atoms with Crippen LogP contribution in [0.25, 0.3) is 22.3 Å². The van der Waals surface area contributed by atoms with Crippen LogP contribution >= 0.6 is 0 Å². The Morgan fingerprint density at radius 2 is 2.04 bits per heavy atom. The van der Waals surface area contributed by atoms with Crippen LogP contribution in [0.4, 0.5) is 18.9 Å². The predicted octanol–water partition coefficient (Wildman–Crippen LogP) is 3.39. The molecule has 128 valence electrons. The summed E-state index contributed by atoms with van der Waals surface area (Å²) in [4.78, 5) is 19.7. The van der Waals surface area contributed by atoms with Gasteiger partial charge in [0.25, 0.3) is 0 Å². The number of carbonyl (C=O) groups is 1. The molecule has 0 radical (unpaired) electrons. The second-order valence-electron chi connectivity index (χ2n) is 5.86. The second kappa shape index (κ2) is 5.54. The largest absolute Gasteiger partial charge is 0.433 e. The molecular weight excluding hydrogens is 335 g/mol. The molecule has 2 N–H and O–H groups in total. The number of nitrogens with zero attached hydrogens (tertiary/aromatic N) is 3. The highest BCUT2D eigenvalue weighted by atomic mass is 19.4. The maximum absolute atomic E-state index is 13.2. The summed E-state index contributed by atoms with van der Waals surface area (Å²) in [6.45, 7) is 0. The summed E-state index contributed by atoms with van der Waals surface area (Å²) < 4.78 is 39.6. The van der Waals surface area contributed by atoms with Gasteiger partial charge in [0.1, 0.15) is 6.33 Å². The Kier molecular flexibility index (Phi) is 3.45. The van der Waals surface area contributed by atoms with Crippen LogP contribution in [-0.2, 0) is 11.0 Å². The highest BCUT2D eigenvalue weighted by molar-refractivity contribution is 5.96. The van der Waals surface area contributed by atoms with Crippen molar-refractivity contribution in [1.29, 1.82) is 0 Å². The minimum absolute atomic E-state index is 0.0279. The van der Waals surface area contributed by atoms with E-state index in [1.807, 2.05) is 5.10 Å². The SMILES string of the molecule is O=C(Nc1cccc(-c2ncnc3n[nH]c(C(F)(F)F)c23)c1)C1CC1. The van der Waals surface area contributed by atoms with Crippen LogP contribution in [-0.4, -0.2) is 26.1 Å². The Bertz CT molecular complexity index is 962. The van der Waals surface area contributed by atoms with Crippen molar-refractivity contribution in [2.75, 3.05) is 5.32 Å². The Hall–Kier alpha value is -2.97. The number of amides is 1. The summed E-state index contributed by atoms with van der Waals surface area (Å²) >= 11 is 0. The van der Waals surface area contributed by atoms with E-state index in [4.69, 9.17) is 0 Å². The number of H-pyrrole nitrogens is 1. The molecule has 0 aliphatic heterocycles. The van der Waals surface area contributed by atoms with Gasteiger partial charge in [0.15, 0.2) is 11.3 Å². The van der Waals surface area contributed by atoms with Gasteiger partial charge in [-0.3, -0.25) is 9.89 Å². The number of hydrogen-bond donors (Lipinski definition) is 2. The molecule has 3 aromatic rings. The van der Waals surface area contributed by atoms with Crippen LogP contribution in [0, 0.1) is 5.92 Å². The highest BCUT2D eigenvalue weighted by Gasteiger charge is 2.37. The molecule has 25 heavy (non-hydrogen) atoms. The third-order valence-corrected chi connectivity index (χ3v) is 3.99. The first-order valence-electron chi connectivity index (χ1n) is 7.61. The fourth-order valence-corrected chi connectivity index (χ4v) is 2.61. The third-order valence-electron chi connectivity index (χ3n) is 3.99. The molecule has 4 rings (SSSR count). The van der Waals surface area contributed by atoms with Crippen LogP contribution < -0.4 is 5.32 Å². The molecule has 1 fully saturated rings. The van der Waals surface area contributed by atoms with E-state index in [0.29, 0.717) is 11.3 Å². The quantitative estimate of drug-likeness (QED) is 0.761. The van der Waals surface area contributed by atoms with Gasteiger partial charge in [-0.25, -0.2) is 9.97 Å². The first-order valence-corrected chi connectivity index (χ1v) is 7.61. The minimum atomic E-state index is -4.61. The molecule has 0 unspecified atom stereocenters. The number of carbonyl (C=O) groups excluding carboxylic acids is 1. The van der Waals surface area contributed by atoms with Crippen LogP contribution in [0.5, 0.6) is 0 Å². The molecule has 0 spiro atoms. The lowest BCUT2D eigenvalue weighted by atomic mass is 10.1. The van der Waals surface area contributed by atoms with E-state index in [-0.39, 0.29) is 28.6 Å². The van der Waals surface area contributed by atoms with Gasteiger partial charge >= 0.3 is 6.18 Å². The smallest absolute Gasteiger partial charge is 0.326 e. The maximum Gasteiger partial charge on any atom is 0.433 e.